The van der Waals surface area contributed by atoms with Crippen molar-refractivity contribution in [1.29, 1.82) is 0 Å². The summed E-state index contributed by atoms with van der Waals surface area (Å²) in [5, 5.41) is 3.20. The van der Waals surface area contributed by atoms with Crippen LogP contribution in [-0.2, 0) is 9.84 Å². The molecule has 0 unspecified atom stereocenters. The molecule has 6 heteroatoms. The van der Waals surface area contributed by atoms with Gasteiger partial charge in [-0.3, -0.25) is 4.79 Å². The summed E-state index contributed by atoms with van der Waals surface area (Å²) in [6.45, 7) is 1.21. The quantitative estimate of drug-likeness (QED) is 0.780. The molecule has 2 atom stereocenters. The van der Waals surface area contributed by atoms with Gasteiger partial charge in [0.25, 0.3) is 5.91 Å². The Labute approximate surface area is 112 Å². The maximum Gasteiger partial charge on any atom is 0.254 e. The normalized spacial score (nSPS) is 28.9. The Bertz CT molecular complexity index is 585. The van der Waals surface area contributed by atoms with Crippen LogP contribution in [-0.4, -0.2) is 55.9 Å². The molecule has 0 bridgehead atoms. The Kier molecular flexibility index (Phi) is 3.06. The van der Waals surface area contributed by atoms with E-state index in [1.807, 2.05) is 18.2 Å². The zero-order valence-corrected chi connectivity index (χ0v) is 11.3. The molecular weight excluding hydrogens is 264 g/mol. The van der Waals surface area contributed by atoms with E-state index in [0.717, 1.165) is 0 Å². The number of sulfone groups is 1. The van der Waals surface area contributed by atoms with Crippen molar-refractivity contribution in [1.82, 2.24) is 10.2 Å². The van der Waals surface area contributed by atoms with E-state index in [-0.39, 0.29) is 29.5 Å². The number of nitrogens with zero attached hydrogens (tertiary/aromatic N) is 1. The third-order valence-corrected chi connectivity index (χ3v) is 5.48. The van der Waals surface area contributed by atoms with Crippen LogP contribution in [0.3, 0.4) is 0 Å². The Morgan fingerprint density at radius 2 is 1.95 bits per heavy atom. The van der Waals surface area contributed by atoms with Gasteiger partial charge in [-0.25, -0.2) is 8.42 Å². The molecule has 2 heterocycles. The number of amides is 1. The first kappa shape index (κ1) is 12.6. The van der Waals surface area contributed by atoms with E-state index >= 15 is 0 Å². The van der Waals surface area contributed by atoms with Gasteiger partial charge in [0.05, 0.1) is 17.5 Å². The van der Waals surface area contributed by atoms with Gasteiger partial charge in [-0.15, -0.1) is 0 Å². The number of hydrogen-bond acceptors (Lipinski definition) is 4. The highest BCUT2D eigenvalue weighted by Crippen LogP contribution is 2.22. The summed E-state index contributed by atoms with van der Waals surface area (Å²) in [7, 11) is -3.03. The molecule has 19 heavy (non-hydrogen) atoms. The third-order valence-electron chi connectivity index (χ3n) is 3.76. The van der Waals surface area contributed by atoms with Crippen molar-refractivity contribution in [3.05, 3.63) is 35.9 Å². The van der Waals surface area contributed by atoms with E-state index in [1.165, 1.54) is 0 Å². The number of fused-ring (bicyclic) bond motifs is 1. The lowest BCUT2D eigenvalue weighted by molar-refractivity contribution is 0.0621. The molecule has 102 valence electrons. The van der Waals surface area contributed by atoms with E-state index in [1.54, 1.807) is 17.0 Å². The first-order valence-electron chi connectivity index (χ1n) is 6.37. The lowest BCUT2D eigenvalue weighted by Gasteiger charge is -2.37. The second-order valence-corrected chi connectivity index (χ2v) is 7.22. The Morgan fingerprint density at radius 3 is 2.68 bits per heavy atom. The standard InChI is InChI=1S/C13H16N2O3S/c16-13(10-4-2-1-3-5-10)15-7-6-14-11-8-19(17,18)9-12(11)15/h1-5,11-12,14H,6-9H2/t11-,12+/m0/s1. The van der Waals surface area contributed by atoms with Gasteiger partial charge in [-0.05, 0) is 12.1 Å². The molecule has 0 saturated carbocycles. The lowest BCUT2D eigenvalue weighted by atomic mass is 10.1. The van der Waals surface area contributed by atoms with Crippen LogP contribution in [0.2, 0.25) is 0 Å². The molecule has 5 nitrogen and oxygen atoms in total. The van der Waals surface area contributed by atoms with Crippen LogP contribution >= 0.6 is 0 Å². The molecule has 1 aromatic carbocycles. The average Bonchev–Trinajstić information content (AvgIpc) is 2.72. The number of rotatable bonds is 1. The summed E-state index contributed by atoms with van der Waals surface area (Å²) >= 11 is 0. The first-order valence-corrected chi connectivity index (χ1v) is 8.19. The van der Waals surface area contributed by atoms with E-state index in [2.05, 4.69) is 5.32 Å². The highest BCUT2D eigenvalue weighted by atomic mass is 32.2. The molecule has 0 spiro atoms. The molecule has 2 saturated heterocycles. The SMILES string of the molecule is O=C(c1ccccc1)N1CCN[C@H]2CS(=O)(=O)C[C@H]21. The molecule has 1 N–H and O–H groups in total. The maximum absolute atomic E-state index is 12.5. The van der Waals surface area contributed by atoms with Gasteiger partial charge in [0.1, 0.15) is 0 Å². The molecule has 1 amide bonds. The van der Waals surface area contributed by atoms with Crippen molar-refractivity contribution in [2.75, 3.05) is 24.6 Å². The Balaban J connectivity index is 1.87. The lowest BCUT2D eigenvalue weighted by Crippen LogP contribution is -2.59. The number of piperazine rings is 1. The number of nitrogens with one attached hydrogen (secondary N) is 1. The van der Waals surface area contributed by atoms with Gasteiger partial charge < -0.3 is 10.2 Å². The van der Waals surface area contributed by atoms with Crippen LogP contribution < -0.4 is 5.32 Å². The van der Waals surface area contributed by atoms with Crippen molar-refractivity contribution >= 4 is 15.7 Å². The third kappa shape index (κ3) is 2.37. The number of carbonyl (C=O) groups excluding carboxylic acids is 1. The van der Waals surface area contributed by atoms with Gasteiger partial charge in [-0.2, -0.15) is 0 Å². The minimum atomic E-state index is -3.03. The monoisotopic (exact) mass is 280 g/mol. The number of hydrogen-bond donors (Lipinski definition) is 1. The van der Waals surface area contributed by atoms with Crippen molar-refractivity contribution in [3.63, 3.8) is 0 Å². The van der Waals surface area contributed by atoms with E-state index in [0.29, 0.717) is 18.7 Å². The minimum absolute atomic E-state index is 0.0727. The first-order chi connectivity index (χ1) is 9.07. The van der Waals surface area contributed by atoms with Crippen LogP contribution in [0.5, 0.6) is 0 Å². The maximum atomic E-state index is 12.5. The number of benzene rings is 1. The molecule has 2 aliphatic rings. The van der Waals surface area contributed by atoms with Crippen LogP contribution in [0.15, 0.2) is 30.3 Å². The molecule has 0 aliphatic carbocycles. The van der Waals surface area contributed by atoms with E-state index in [9.17, 15) is 13.2 Å². The molecule has 0 aromatic heterocycles. The van der Waals surface area contributed by atoms with Gasteiger partial charge in [-0.1, -0.05) is 18.2 Å². The molecule has 2 fully saturated rings. The fourth-order valence-corrected chi connectivity index (χ4v) is 4.82. The Hall–Kier alpha value is -1.40. The molecule has 2 aliphatic heterocycles. The summed E-state index contributed by atoms with van der Waals surface area (Å²) in [5.74, 6) is 0.133. The fourth-order valence-electron chi connectivity index (χ4n) is 2.87. The zero-order valence-electron chi connectivity index (χ0n) is 10.5. The molecule has 3 rings (SSSR count). The second kappa shape index (κ2) is 4.61. The fraction of sp³-hybridized carbons (Fsp3) is 0.462. The van der Waals surface area contributed by atoms with Crippen LogP contribution in [0.25, 0.3) is 0 Å². The molecule has 1 aromatic rings. The van der Waals surface area contributed by atoms with Crippen molar-refractivity contribution in [2.24, 2.45) is 0 Å². The highest BCUT2D eigenvalue weighted by molar-refractivity contribution is 7.91. The van der Waals surface area contributed by atoms with Gasteiger partial charge >= 0.3 is 0 Å². The topological polar surface area (TPSA) is 66.5 Å². The van der Waals surface area contributed by atoms with Gasteiger partial charge in [0, 0.05) is 24.7 Å². The highest BCUT2D eigenvalue weighted by Gasteiger charge is 2.44. The second-order valence-electron chi connectivity index (χ2n) is 5.07. The van der Waals surface area contributed by atoms with Crippen molar-refractivity contribution in [3.8, 4) is 0 Å². The predicted molar refractivity (Wildman–Crippen MR) is 71.7 cm³/mol. The van der Waals surface area contributed by atoms with Gasteiger partial charge in [0.15, 0.2) is 9.84 Å². The van der Waals surface area contributed by atoms with E-state index < -0.39 is 9.84 Å². The largest absolute Gasteiger partial charge is 0.332 e. The summed E-state index contributed by atoms with van der Waals surface area (Å²) in [5.41, 5.74) is 0.618. The van der Waals surface area contributed by atoms with E-state index in [4.69, 9.17) is 0 Å². The van der Waals surface area contributed by atoms with Crippen LogP contribution in [0.1, 0.15) is 10.4 Å². The minimum Gasteiger partial charge on any atom is -0.332 e. The summed E-state index contributed by atoms with van der Waals surface area (Å²) in [4.78, 5) is 14.2. The summed E-state index contributed by atoms with van der Waals surface area (Å²) in [6.07, 6.45) is 0. The zero-order chi connectivity index (χ0) is 13.5. The van der Waals surface area contributed by atoms with Crippen molar-refractivity contribution < 1.29 is 13.2 Å². The summed E-state index contributed by atoms with van der Waals surface area (Å²) in [6, 6.07) is 8.68. The number of carbonyl (C=O) groups is 1. The smallest absolute Gasteiger partial charge is 0.254 e. The average molecular weight is 280 g/mol. The predicted octanol–water partition coefficient (Wildman–Crippen LogP) is -0.102. The van der Waals surface area contributed by atoms with Crippen LogP contribution in [0.4, 0.5) is 0 Å². The van der Waals surface area contributed by atoms with Gasteiger partial charge in [0.2, 0.25) is 0 Å². The molecule has 0 radical (unpaired) electrons. The van der Waals surface area contributed by atoms with Crippen LogP contribution in [0, 0.1) is 0 Å². The molecular formula is C13H16N2O3S. The van der Waals surface area contributed by atoms with Crippen molar-refractivity contribution in [2.45, 2.75) is 12.1 Å². The Morgan fingerprint density at radius 1 is 1.21 bits per heavy atom. The summed E-state index contributed by atoms with van der Waals surface area (Å²) < 4.78 is 23.4.